The van der Waals surface area contributed by atoms with E-state index in [0.717, 1.165) is 5.56 Å². The summed E-state index contributed by atoms with van der Waals surface area (Å²) in [5.74, 6) is -0.278. The molecule has 28 heavy (non-hydrogen) atoms. The maximum Gasteiger partial charge on any atom is 0.261 e. The summed E-state index contributed by atoms with van der Waals surface area (Å²) in [6.45, 7) is 1.94. The molecule has 2 N–H and O–H groups in total. The van der Waals surface area contributed by atoms with E-state index in [1.807, 2.05) is 19.1 Å². The van der Waals surface area contributed by atoms with Crippen molar-refractivity contribution in [1.29, 1.82) is 0 Å². The van der Waals surface area contributed by atoms with Gasteiger partial charge in [-0.2, -0.15) is 0 Å². The van der Waals surface area contributed by atoms with Crippen LogP contribution in [0.4, 0.5) is 11.4 Å². The van der Waals surface area contributed by atoms with Crippen LogP contribution in [-0.2, 0) is 10.0 Å². The van der Waals surface area contributed by atoms with E-state index in [9.17, 15) is 13.2 Å². The Morgan fingerprint density at radius 2 is 1.54 bits per heavy atom. The number of aryl methyl sites for hydroxylation is 1. The van der Waals surface area contributed by atoms with Gasteiger partial charge in [0.15, 0.2) is 0 Å². The number of hydrogen-bond donors (Lipinski definition) is 2. The third-order valence-electron chi connectivity index (χ3n) is 3.91. The molecule has 0 radical (unpaired) electrons. The van der Waals surface area contributed by atoms with Crippen LogP contribution in [0.15, 0.2) is 71.6 Å². The number of hydrogen-bond acceptors (Lipinski definition) is 3. The van der Waals surface area contributed by atoms with Crippen molar-refractivity contribution in [3.05, 3.63) is 87.9 Å². The van der Waals surface area contributed by atoms with Crippen LogP contribution in [0.2, 0.25) is 10.0 Å². The van der Waals surface area contributed by atoms with E-state index in [0.29, 0.717) is 16.3 Å². The van der Waals surface area contributed by atoms with Gasteiger partial charge in [0, 0.05) is 16.3 Å². The molecule has 0 aromatic heterocycles. The van der Waals surface area contributed by atoms with E-state index in [4.69, 9.17) is 23.2 Å². The van der Waals surface area contributed by atoms with Crippen LogP contribution in [-0.4, -0.2) is 14.3 Å². The van der Waals surface area contributed by atoms with E-state index < -0.39 is 10.0 Å². The molecule has 0 saturated carbocycles. The lowest BCUT2D eigenvalue weighted by Crippen LogP contribution is -2.14. The number of carbonyl (C=O) groups excluding carboxylic acids is 1. The third-order valence-corrected chi connectivity index (χ3v) is 5.86. The third kappa shape index (κ3) is 4.84. The molecule has 8 heteroatoms. The summed E-state index contributed by atoms with van der Waals surface area (Å²) in [6.07, 6.45) is 0. The van der Waals surface area contributed by atoms with Crippen LogP contribution in [0, 0.1) is 6.92 Å². The summed E-state index contributed by atoms with van der Waals surface area (Å²) in [5, 5.41) is 3.32. The van der Waals surface area contributed by atoms with Gasteiger partial charge in [0.2, 0.25) is 0 Å². The highest BCUT2D eigenvalue weighted by atomic mass is 35.5. The standard InChI is InChI=1S/C20H16Cl2N2O3S/c1-13-2-4-14(5-3-13)20(25)23-16-7-9-17(10-8-16)28(26,27)24-19-12-15(21)6-11-18(19)22/h2-12,24H,1H3,(H,23,25). The summed E-state index contributed by atoms with van der Waals surface area (Å²) in [7, 11) is -3.86. The molecule has 3 aromatic carbocycles. The summed E-state index contributed by atoms with van der Waals surface area (Å²) in [4.78, 5) is 12.3. The minimum absolute atomic E-state index is 0.0249. The first-order valence-electron chi connectivity index (χ1n) is 8.20. The van der Waals surface area contributed by atoms with Crippen molar-refractivity contribution in [1.82, 2.24) is 0 Å². The van der Waals surface area contributed by atoms with E-state index in [1.165, 1.54) is 36.4 Å². The van der Waals surface area contributed by atoms with Crippen molar-refractivity contribution in [2.45, 2.75) is 11.8 Å². The van der Waals surface area contributed by atoms with Crippen molar-refractivity contribution >= 4 is 50.5 Å². The first-order chi connectivity index (χ1) is 13.2. The summed E-state index contributed by atoms with van der Waals surface area (Å²) in [5.41, 5.74) is 2.23. The number of sulfonamides is 1. The predicted molar refractivity (Wildman–Crippen MR) is 113 cm³/mol. The quantitative estimate of drug-likeness (QED) is 0.567. The Morgan fingerprint density at radius 3 is 2.18 bits per heavy atom. The molecule has 0 heterocycles. The Balaban J connectivity index is 1.75. The number of rotatable bonds is 5. The maximum absolute atomic E-state index is 12.6. The molecule has 0 bridgehead atoms. The van der Waals surface area contributed by atoms with Crippen molar-refractivity contribution in [3.63, 3.8) is 0 Å². The second-order valence-electron chi connectivity index (χ2n) is 6.07. The monoisotopic (exact) mass is 434 g/mol. The molecule has 0 saturated heterocycles. The van der Waals surface area contributed by atoms with Crippen molar-refractivity contribution in [3.8, 4) is 0 Å². The highest BCUT2D eigenvalue weighted by Gasteiger charge is 2.16. The van der Waals surface area contributed by atoms with Gasteiger partial charge >= 0.3 is 0 Å². The zero-order chi connectivity index (χ0) is 20.3. The molecule has 0 atom stereocenters. The lowest BCUT2D eigenvalue weighted by Gasteiger charge is -2.11. The number of amides is 1. The molecule has 5 nitrogen and oxygen atoms in total. The van der Waals surface area contributed by atoms with Crippen LogP contribution in [0.1, 0.15) is 15.9 Å². The highest BCUT2D eigenvalue weighted by Crippen LogP contribution is 2.28. The minimum Gasteiger partial charge on any atom is -0.322 e. The number of carbonyl (C=O) groups is 1. The Bertz CT molecular complexity index is 1110. The Morgan fingerprint density at radius 1 is 0.893 bits per heavy atom. The van der Waals surface area contributed by atoms with Crippen LogP contribution < -0.4 is 10.0 Å². The Labute approximate surface area is 173 Å². The average Bonchev–Trinajstić information content (AvgIpc) is 2.65. The number of benzene rings is 3. The van der Waals surface area contributed by atoms with E-state index in [1.54, 1.807) is 18.2 Å². The molecule has 144 valence electrons. The van der Waals surface area contributed by atoms with E-state index in [-0.39, 0.29) is 21.5 Å². The van der Waals surface area contributed by atoms with Gasteiger partial charge in [-0.3, -0.25) is 9.52 Å². The molecule has 0 aliphatic heterocycles. The first-order valence-corrected chi connectivity index (χ1v) is 10.4. The smallest absolute Gasteiger partial charge is 0.261 e. The number of nitrogens with one attached hydrogen (secondary N) is 2. The van der Waals surface area contributed by atoms with E-state index in [2.05, 4.69) is 10.0 Å². The maximum atomic E-state index is 12.6. The van der Waals surface area contributed by atoms with Gasteiger partial charge in [0.1, 0.15) is 0 Å². The molecular weight excluding hydrogens is 419 g/mol. The number of halogens is 2. The number of anilines is 2. The zero-order valence-electron chi connectivity index (χ0n) is 14.7. The molecule has 0 spiro atoms. The normalized spacial score (nSPS) is 11.1. The van der Waals surface area contributed by atoms with Crippen molar-refractivity contribution in [2.24, 2.45) is 0 Å². The van der Waals surface area contributed by atoms with Gasteiger partial charge in [-0.05, 0) is 61.5 Å². The molecule has 0 aliphatic rings. The minimum atomic E-state index is -3.86. The molecule has 0 unspecified atom stereocenters. The Hall–Kier alpha value is -2.54. The molecule has 1 amide bonds. The SMILES string of the molecule is Cc1ccc(C(=O)Nc2ccc(S(=O)(=O)Nc3cc(Cl)ccc3Cl)cc2)cc1. The summed E-state index contributed by atoms with van der Waals surface area (Å²) >= 11 is 11.9. The van der Waals surface area contributed by atoms with Gasteiger partial charge in [-0.15, -0.1) is 0 Å². The highest BCUT2D eigenvalue weighted by molar-refractivity contribution is 7.92. The predicted octanol–water partition coefficient (Wildman–Crippen LogP) is 5.35. The van der Waals surface area contributed by atoms with Crippen molar-refractivity contribution < 1.29 is 13.2 Å². The van der Waals surface area contributed by atoms with Gasteiger partial charge < -0.3 is 5.32 Å². The molecular formula is C20H16Cl2N2O3S. The fourth-order valence-corrected chi connectivity index (χ4v) is 3.87. The molecule has 0 fully saturated rings. The van der Waals surface area contributed by atoms with Gasteiger partial charge in [-0.1, -0.05) is 40.9 Å². The van der Waals surface area contributed by atoms with Crippen LogP contribution in [0.3, 0.4) is 0 Å². The Kier molecular flexibility index (Phi) is 5.93. The largest absolute Gasteiger partial charge is 0.322 e. The zero-order valence-corrected chi connectivity index (χ0v) is 17.1. The lowest BCUT2D eigenvalue weighted by molar-refractivity contribution is 0.102. The fraction of sp³-hybridized carbons (Fsp3) is 0.0500. The molecule has 0 aliphatic carbocycles. The lowest BCUT2D eigenvalue weighted by atomic mass is 10.1. The summed E-state index contributed by atoms with van der Waals surface area (Å²) < 4.78 is 27.5. The van der Waals surface area contributed by atoms with Gasteiger partial charge in [0.05, 0.1) is 15.6 Å². The van der Waals surface area contributed by atoms with Crippen LogP contribution in [0.25, 0.3) is 0 Å². The summed E-state index contributed by atoms with van der Waals surface area (Å²) in [6, 6.07) is 17.5. The fourth-order valence-electron chi connectivity index (χ4n) is 2.41. The first kappa shape index (κ1) is 20.2. The van der Waals surface area contributed by atoms with E-state index >= 15 is 0 Å². The topological polar surface area (TPSA) is 75.3 Å². The van der Waals surface area contributed by atoms with Crippen LogP contribution >= 0.6 is 23.2 Å². The molecule has 3 rings (SSSR count). The second-order valence-corrected chi connectivity index (χ2v) is 8.60. The van der Waals surface area contributed by atoms with Crippen LogP contribution in [0.5, 0.6) is 0 Å². The molecule has 3 aromatic rings. The van der Waals surface area contributed by atoms with Crippen molar-refractivity contribution in [2.75, 3.05) is 10.0 Å². The average molecular weight is 435 g/mol. The van der Waals surface area contributed by atoms with Gasteiger partial charge in [0.25, 0.3) is 15.9 Å². The van der Waals surface area contributed by atoms with Gasteiger partial charge in [-0.25, -0.2) is 8.42 Å². The second kappa shape index (κ2) is 8.22.